The Morgan fingerprint density at radius 1 is 0.903 bits per heavy atom. The number of rotatable bonds is 6. The number of aromatic hydroxyl groups is 1. The van der Waals surface area contributed by atoms with E-state index in [0.29, 0.717) is 13.0 Å². The number of phenols is 1. The molecule has 0 aromatic heterocycles. The SMILES string of the molecule is CN(C)c1ccc(N)cc1.CSc1ccc(N)cc1.O=CNCCc1ccc(O)cc1. The van der Waals surface area contributed by atoms with Gasteiger partial charge in [-0.3, -0.25) is 4.79 Å². The van der Waals surface area contributed by atoms with E-state index < -0.39 is 0 Å². The van der Waals surface area contributed by atoms with Crippen molar-refractivity contribution in [1.82, 2.24) is 5.32 Å². The number of hydrogen-bond acceptors (Lipinski definition) is 6. The highest BCUT2D eigenvalue weighted by Crippen LogP contribution is 2.15. The summed E-state index contributed by atoms with van der Waals surface area (Å²) in [4.78, 5) is 13.2. The second-order valence-corrected chi connectivity index (χ2v) is 7.63. The molecular formula is C24H32N4O2S. The lowest BCUT2D eigenvalue weighted by molar-refractivity contribution is -0.109. The van der Waals surface area contributed by atoms with E-state index in [4.69, 9.17) is 16.6 Å². The van der Waals surface area contributed by atoms with Gasteiger partial charge in [-0.25, -0.2) is 0 Å². The third-order valence-electron chi connectivity index (χ3n) is 4.10. The van der Waals surface area contributed by atoms with Gasteiger partial charge in [-0.1, -0.05) is 12.1 Å². The van der Waals surface area contributed by atoms with E-state index in [1.807, 2.05) is 85.9 Å². The number of nitrogens with one attached hydrogen (secondary N) is 1. The van der Waals surface area contributed by atoms with Crippen LogP contribution in [0.2, 0.25) is 0 Å². The Morgan fingerprint density at radius 3 is 1.87 bits per heavy atom. The second-order valence-electron chi connectivity index (χ2n) is 6.75. The van der Waals surface area contributed by atoms with Crippen molar-refractivity contribution in [2.45, 2.75) is 11.3 Å². The van der Waals surface area contributed by atoms with Gasteiger partial charge >= 0.3 is 0 Å². The number of thioether (sulfide) groups is 1. The summed E-state index contributed by atoms with van der Waals surface area (Å²) in [5.41, 5.74) is 14.9. The Bertz CT molecular complexity index is 868. The number of phenolic OH excluding ortho intramolecular Hbond substituents is 1. The predicted octanol–water partition coefficient (Wildman–Crippen LogP) is 4.01. The van der Waals surface area contributed by atoms with Crippen molar-refractivity contribution >= 4 is 35.2 Å². The summed E-state index contributed by atoms with van der Waals surface area (Å²) >= 11 is 1.72. The zero-order chi connectivity index (χ0) is 23.1. The quantitative estimate of drug-likeness (QED) is 0.200. The topological polar surface area (TPSA) is 105 Å². The van der Waals surface area contributed by atoms with Crippen LogP contribution in [0, 0.1) is 0 Å². The van der Waals surface area contributed by atoms with Gasteiger partial charge in [0.2, 0.25) is 6.41 Å². The minimum Gasteiger partial charge on any atom is -0.508 e. The van der Waals surface area contributed by atoms with Crippen molar-refractivity contribution in [1.29, 1.82) is 0 Å². The van der Waals surface area contributed by atoms with E-state index in [1.165, 1.54) is 10.6 Å². The minimum absolute atomic E-state index is 0.266. The fourth-order valence-electron chi connectivity index (χ4n) is 2.31. The maximum Gasteiger partial charge on any atom is 0.207 e. The normalized spacial score (nSPS) is 9.39. The Labute approximate surface area is 189 Å². The van der Waals surface area contributed by atoms with Crippen LogP contribution in [0.1, 0.15) is 5.56 Å². The lowest BCUT2D eigenvalue weighted by Gasteiger charge is -2.11. The number of carbonyl (C=O) groups is 1. The van der Waals surface area contributed by atoms with Gasteiger partial charge in [-0.2, -0.15) is 0 Å². The Hall–Kier alpha value is -3.32. The molecule has 0 saturated carbocycles. The van der Waals surface area contributed by atoms with Crippen LogP contribution >= 0.6 is 11.8 Å². The number of nitrogens with two attached hydrogens (primary N) is 2. The average Bonchev–Trinajstić information content (AvgIpc) is 2.77. The smallest absolute Gasteiger partial charge is 0.207 e. The molecule has 6 nitrogen and oxygen atoms in total. The maximum atomic E-state index is 9.90. The zero-order valence-corrected chi connectivity index (χ0v) is 19.1. The van der Waals surface area contributed by atoms with E-state index >= 15 is 0 Å². The van der Waals surface area contributed by atoms with Gasteiger partial charge in [0.05, 0.1) is 0 Å². The van der Waals surface area contributed by atoms with Gasteiger partial charge in [-0.05, 0) is 78.9 Å². The first-order chi connectivity index (χ1) is 14.8. The highest BCUT2D eigenvalue weighted by atomic mass is 32.2. The van der Waals surface area contributed by atoms with Crippen LogP contribution in [0.15, 0.2) is 77.7 Å². The lowest BCUT2D eigenvalue weighted by Crippen LogP contribution is -2.14. The van der Waals surface area contributed by atoms with Gasteiger partial charge in [0.1, 0.15) is 5.75 Å². The standard InChI is InChI=1S/C9H11NO2.C8H12N2.C7H9NS/c11-7-10-6-5-8-1-3-9(12)4-2-8;1-10(2)8-5-3-7(9)4-6-8;1-9-7-4-2-6(8)3-5-7/h1-4,7,12H,5-6H2,(H,10,11);3-6H,9H2,1-2H3;2-5H,8H2,1H3. The van der Waals surface area contributed by atoms with Crippen molar-refractivity contribution in [2.24, 2.45) is 0 Å². The average molecular weight is 441 g/mol. The molecule has 0 unspecified atom stereocenters. The van der Waals surface area contributed by atoms with Crippen LogP contribution in [-0.4, -0.2) is 38.4 Å². The van der Waals surface area contributed by atoms with E-state index in [2.05, 4.69) is 5.32 Å². The summed E-state index contributed by atoms with van der Waals surface area (Å²) in [5.74, 6) is 0.266. The van der Waals surface area contributed by atoms with Crippen LogP contribution in [0.3, 0.4) is 0 Å². The molecule has 3 aromatic rings. The molecule has 0 saturated heterocycles. The van der Waals surface area contributed by atoms with E-state index in [1.54, 1.807) is 23.9 Å². The van der Waals surface area contributed by atoms with Crippen molar-refractivity contribution in [3.8, 4) is 5.75 Å². The molecule has 6 N–H and O–H groups in total. The molecular weight excluding hydrogens is 408 g/mol. The number of hydrogen-bond donors (Lipinski definition) is 4. The molecule has 0 aliphatic heterocycles. The molecule has 0 heterocycles. The first-order valence-corrected chi connectivity index (χ1v) is 11.0. The Morgan fingerprint density at radius 2 is 1.42 bits per heavy atom. The molecule has 0 aliphatic carbocycles. The highest BCUT2D eigenvalue weighted by molar-refractivity contribution is 7.98. The van der Waals surface area contributed by atoms with Crippen LogP contribution in [0.5, 0.6) is 5.75 Å². The molecule has 7 heteroatoms. The van der Waals surface area contributed by atoms with Gasteiger partial charge < -0.3 is 26.8 Å². The summed E-state index contributed by atoms with van der Waals surface area (Å²) in [6.45, 7) is 0.633. The van der Waals surface area contributed by atoms with E-state index in [0.717, 1.165) is 23.4 Å². The molecule has 0 bridgehead atoms. The number of nitrogens with zero attached hydrogens (tertiary/aromatic N) is 1. The van der Waals surface area contributed by atoms with Gasteiger partial charge in [0.25, 0.3) is 0 Å². The van der Waals surface area contributed by atoms with Crippen LogP contribution in [0.4, 0.5) is 17.1 Å². The molecule has 3 aromatic carbocycles. The predicted molar refractivity (Wildman–Crippen MR) is 134 cm³/mol. The fraction of sp³-hybridized carbons (Fsp3) is 0.208. The van der Waals surface area contributed by atoms with E-state index in [9.17, 15) is 4.79 Å². The molecule has 0 spiro atoms. The highest BCUT2D eigenvalue weighted by Gasteiger charge is 1.92. The van der Waals surface area contributed by atoms with Gasteiger partial charge in [0, 0.05) is 42.6 Å². The lowest BCUT2D eigenvalue weighted by atomic mass is 10.1. The van der Waals surface area contributed by atoms with Gasteiger partial charge in [-0.15, -0.1) is 11.8 Å². The van der Waals surface area contributed by atoms with Crippen molar-refractivity contribution in [3.05, 3.63) is 78.4 Å². The molecule has 0 atom stereocenters. The van der Waals surface area contributed by atoms with Gasteiger partial charge in [0.15, 0.2) is 0 Å². The van der Waals surface area contributed by atoms with Crippen molar-refractivity contribution < 1.29 is 9.90 Å². The van der Waals surface area contributed by atoms with E-state index in [-0.39, 0.29) is 5.75 Å². The molecule has 0 radical (unpaired) electrons. The molecule has 1 amide bonds. The third kappa shape index (κ3) is 11.4. The zero-order valence-electron chi connectivity index (χ0n) is 18.3. The number of carbonyl (C=O) groups excluding carboxylic acids is 1. The largest absolute Gasteiger partial charge is 0.508 e. The molecule has 31 heavy (non-hydrogen) atoms. The van der Waals surface area contributed by atoms with Crippen molar-refractivity contribution in [3.63, 3.8) is 0 Å². The molecule has 0 aliphatic rings. The summed E-state index contributed by atoms with van der Waals surface area (Å²) in [6, 6.07) is 22.6. The first kappa shape index (κ1) is 25.7. The second kappa shape index (κ2) is 14.6. The first-order valence-electron chi connectivity index (χ1n) is 9.73. The van der Waals surface area contributed by atoms with Crippen LogP contribution in [0.25, 0.3) is 0 Å². The number of benzene rings is 3. The summed E-state index contributed by atoms with van der Waals surface area (Å²) in [5, 5.41) is 11.5. The number of anilines is 3. The molecule has 0 fully saturated rings. The Balaban J connectivity index is 0.000000235. The monoisotopic (exact) mass is 440 g/mol. The maximum absolute atomic E-state index is 9.90. The third-order valence-corrected chi connectivity index (χ3v) is 4.85. The minimum atomic E-state index is 0.266. The fourth-order valence-corrected chi connectivity index (χ4v) is 2.72. The molecule has 166 valence electrons. The number of nitrogen functional groups attached to an aromatic ring is 2. The van der Waals surface area contributed by atoms with Crippen LogP contribution in [-0.2, 0) is 11.2 Å². The van der Waals surface area contributed by atoms with Crippen LogP contribution < -0.4 is 21.7 Å². The summed E-state index contributed by atoms with van der Waals surface area (Å²) < 4.78 is 0. The number of amides is 1. The Kier molecular flexibility index (Phi) is 12.1. The molecule has 3 rings (SSSR count). The van der Waals surface area contributed by atoms with Crippen molar-refractivity contribution in [2.75, 3.05) is 43.3 Å². The summed E-state index contributed by atoms with van der Waals surface area (Å²) in [7, 11) is 4.01. The summed E-state index contributed by atoms with van der Waals surface area (Å²) in [6.07, 6.45) is 3.52.